The number of benzene rings is 9. The summed E-state index contributed by atoms with van der Waals surface area (Å²) in [5, 5.41) is 0. The molecule has 1 heterocycles. The van der Waals surface area contributed by atoms with Gasteiger partial charge in [-0.1, -0.05) is 231 Å². The Bertz CT molecular complexity index is 3730. The third-order valence-corrected chi connectivity index (χ3v) is 18.5. The van der Waals surface area contributed by atoms with Gasteiger partial charge in [0.05, 0.1) is 0 Å². The van der Waals surface area contributed by atoms with Crippen molar-refractivity contribution in [3.05, 3.63) is 258 Å². The highest BCUT2D eigenvalue weighted by molar-refractivity contribution is 5.90. The van der Waals surface area contributed by atoms with E-state index in [-0.39, 0.29) is 16.7 Å². The van der Waals surface area contributed by atoms with E-state index in [2.05, 4.69) is 188 Å². The van der Waals surface area contributed by atoms with E-state index in [1.807, 2.05) is 36.4 Å². The molecule has 0 saturated heterocycles. The van der Waals surface area contributed by atoms with Crippen LogP contribution in [0.25, 0.3) is 78.7 Å². The van der Waals surface area contributed by atoms with Crippen molar-refractivity contribution in [1.82, 2.24) is 15.0 Å². The van der Waals surface area contributed by atoms with Crippen LogP contribution in [0.4, 0.5) is 0 Å². The van der Waals surface area contributed by atoms with Gasteiger partial charge in [0.2, 0.25) is 0 Å². The van der Waals surface area contributed by atoms with Crippen LogP contribution in [0, 0.1) is 0 Å². The molecule has 0 N–H and O–H groups in total. The molecule has 2 fully saturated rings. The zero-order valence-electron chi connectivity index (χ0n) is 41.7. The summed E-state index contributed by atoms with van der Waals surface area (Å²) < 4.78 is 0. The molecule has 2 saturated carbocycles. The first-order chi connectivity index (χ1) is 36.6. The number of hydrogen-bond acceptors (Lipinski definition) is 3. The summed E-state index contributed by atoms with van der Waals surface area (Å²) in [5.74, 6) is 3.47. The molecule has 6 bridgehead atoms. The van der Waals surface area contributed by atoms with Crippen LogP contribution >= 0.6 is 0 Å². The van der Waals surface area contributed by atoms with Crippen molar-refractivity contribution < 1.29 is 0 Å². The van der Waals surface area contributed by atoms with Crippen molar-refractivity contribution in [2.24, 2.45) is 0 Å². The lowest BCUT2D eigenvalue weighted by atomic mass is 9.44. The van der Waals surface area contributed by atoms with E-state index in [4.69, 9.17) is 15.0 Å². The van der Waals surface area contributed by atoms with E-state index in [0.29, 0.717) is 35.2 Å². The highest BCUT2D eigenvalue weighted by Crippen LogP contribution is 2.72. The summed E-state index contributed by atoms with van der Waals surface area (Å²) in [5.41, 5.74) is 22.9. The molecule has 6 atom stereocenters. The van der Waals surface area contributed by atoms with Gasteiger partial charge in [0.15, 0.2) is 17.5 Å². The highest BCUT2D eigenvalue weighted by atomic mass is 15.0. The fourth-order valence-electron chi connectivity index (χ4n) is 15.7. The summed E-state index contributed by atoms with van der Waals surface area (Å²) in [7, 11) is 0. The molecule has 356 valence electrons. The van der Waals surface area contributed by atoms with Crippen LogP contribution in [-0.4, -0.2) is 15.0 Å². The Morgan fingerprint density at radius 3 is 1.39 bits per heavy atom. The van der Waals surface area contributed by atoms with Crippen LogP contribution in [-0.2, 0) is 10.8 Å². The van der Waals surface area contributed by atoms with Crippen LogP contribution in [0.15, 0.2) is 224 Å². The van der Waals surface area contributed by atoms with E-state index in [9.17, 15) is 0 Å². The molecule has 0 aliphatic heterocycles. The minimum absolute atomic E-state index is 0.174. The van der Waals surface area contributed by atoms with E-state index >= 15 is 0 Å². The molecule has 1 aromatic heterocycles. The maximum Gasteiger partial charge on any atom is 0.164 e. The molecule has 15 rings (SSSR count). The molecular formula is C71H57N3. The SMILES string of the molecule is c1ccc(-c2nc(-c3ccccc3)nc(-c3ccc(-c4cccc5c4-c4ccccc4C4CC67CC(CCCC8CCC5(C4)C6c4ccccc4-c4ccccc48)c4ccccc4-c4ccccc47)cc3)n2)cc1. The summed E-state index contributed by atoms with van der Waals surface area (Å²) >= 11 is 0. The monoisotopic (exact) mass is 951 g/mol. The number of aromatic nitrogens is 3. The van der Waals surface area contributed by atoms with Crippen molar-refractivity contribution >= 4 is 0 Å². The van der Waals surface area contributed by atoms with Crippen molar-refractivity contribution in [1.29, 1.82) is 0 Å². The van der Waals surface area contributed by atoms with Gasteiger partial charge in [0.25, 0.3) is 0 Å². The Labute approximate surface area is 435 Å². The van der Waals surface area contributed by atoms with Crippen molar-refractivity contribution in [3.8, 4) is 78.7 Å². The molecule has 5 aliphatic rings. The number of rotatable bonds is 4. The topological polar surface area (TPSA) is 38.7 Å². The Hall–Kier alpha value is -8.01. The molecule has 9 aromatic carbocycles. The van der Waals surface area contributed by atoms with Crippen molar-refractivity contribution in [2.45, 2.75) is 85.9 Å². The maximum atomic E-state index is 5.13. The van der Waals surface area contributed by atoms with Gasteiger partial charge < -0.3 is 0 Å². The Morgan fingerprint density at radius 2 is 0.730 bits per heavy atom. The summed E-state index contributed by atoms with van der Waals surface area (Å²) in [6, 6.07) is 85.3. The van der Waals surface area contributed by atoms with Crippen LogP contribution in [0.5, 0.6) is 0 Å². The van der Waals surface area contributed by atoms with Gasteiger partial charge >= 0.3 is 0 Å². The Morgan fingerprint density at radius 1 is 0.297 bits per heavy atom. The van der Waals surface area contributed by atoms with Gasteiger partial charge in [-0.3, -0.25) is 0 Å². The first kappa shape index (κ1) is 43.6. The average Bonchev–Trinajstić information content (AvgIpc) is 3.65. The van der Waals surface area contributed by atoms with Gasteiger partial charge in [0, 0.05) is 33.4 Å². The average molecular weight is 952 g/mol. The zero-order valence-corrected chi connectivity index (χ0v) is 41.7. The lowest BCUT2D eigenvalue weighted by Crippen LogP contribution is -2.52. The molecule has 10 aromatic rings. The van der Waals surface area contributed by atoms with Crippen LogP contribution < -0.4 is 0 Å². The molecule has 0 amide bonds. The van der Waals surface area contributed by atoms with E-state index in [0.717, 1.165) is 48.8 Å². The van der Waals surface area contributed by atoms with Crippen molar-refractivity contribution in [2.75, 3.05) is 0 Å². The van der Waals surface area contributed by atoms with E-state index in [1.54, 1.807) is 16.7 Å². The quantitative estimate of drug-likeness (QED) is 0.176. The summed E-state index contributed by atoms with van der Waals surface area (Å²) in [6.45, 7) is 0. The normalized spacial score (nSPS) is 22.8. The third-order valence-electron chi connectivity index (χ3n) is 18.5. The van der Waals surface area contributed by atoms with E-state index in [1.165, 1.54) is 80.5 Å². The fourth-order valence-corrected chi connectivity index (χ4v) is 15.7. The molecule has 6 unspecified atom stereocenters. The van der Waals surface area contributed by atoms with Gasteiger partial charge in [0.1, 0.15) is 0 Å². The number of fused-ring (bicyclic) bond motifs is 16. The van der Waals surface area contributed by atoms with Crippen LogP contribution in [0.3, 0.4) is 0 Å². The van der Waals surface area contributed by atoms with Gasteiger partial charge in [-0.25, -0.2) is 15.0 Å². The van der Waals surface area contributed by atoms with E-state index < -0.39 is 0 Å². The molecule has 2 spiro atoms. The summed E-state index contributed by atoms with van der Waals surface area (Å²) in [4.78, 5) is 15.3. The Balaban J connectivity index is 0.985. The molecular weight excluding hydrogens is 895 g/mol. The second-order valence-corrected chi connectivity index (χ2v) is 22.2. The third kappa shape index (κ3) is 6.75. The first-order valence-electron chi connectivity index (χ1n) is 27.2. The first-order valence-corrected chi connectivity index (χ1v) is 27.2. The minimum atomic E-state index is -0.200. The molecule has 74 heavy (non-hydrogen) atoms. The predicted molar refractivity (Wildman–Crippen MR) is 302 cm³/mol. The predicted octanol–water partition coefficient (Wildman–Crippen LogP) is 17.9. The van der Waals surface area contributed by atoms with Crippen molar-refractivity contribution in [3.63, 3.8) is 0 Å². The molecule has 5 aliphatic carbocycles. The van der Waals surface area contributed by atoms with Gasteiger partial charge in [-0.2, -0.15) is 0 Å². The Kier molecular flexibility index (Phi) is 10.2. The maximum absolute atomic E-state index is 5.13. The van der Waals surface area contributed by atoms with Crippen LogP contribution in [0.2, 0.25) is 0 Å². The second kappa shape index (κ2) is 17.3. The highest BCUT2D eigenvalue weighted by Gasteiger charge is 2.62. The number of hydrogen-bond donors (Lipinski definition) is 0. The second-order valence-electron chi connectivity index (χ2n) is 22.2. The largest absolute Gasteiger partial charge is 0.208 e. The lowest BCUT2D eigenvalue weighted by molar-refractivity contribution is 0.0986. The summed E-state index contributed by atoms with van der Waals surface area (Å²) in [6.07, 6.45) is 9.27. The minimum Gasteiger partial charge on any atom is -0.208 e. The van der Waals surface area contributed by atoms with Gasteiger partial charge in [-0.15, -0.1) is 0 Å². The number of nitrogens with zero attached hydrogens (tertiary/aromatic N) is 3. The van der Waals surface area contributed by atoms with Gasteiger partial charge in [-0.05, 0) is 141 Å². The smallest absolute Gasteiger partial charge is 0.164 e. The fraction of sp³-hybridized carbons (Fsp3) is 0.197. The molecule has 3 heteroatoms. The molecule has 0 radical (unpaired) electrons. The van der Waals surface area contributed by atoms with Crippen LogP contribution in [0.1, 0.15) is 108 Å². The standard InChI is InChI=1S/C71H57N3/c1-3-19-48(20-4-1)67-72-68(49-21-5-2-6-22-49)74-69(73-67)50-39-37-47(38-40-50)56-34-18-36-64-65(56)61-32-13-9-27-55(61)52-44-70(64)42-41-46-23-17-24-51-43-71(45-52,63-35-16-15-31-60(63)58-29-11-8-26-54(51)58)66(70)62-33-14-12-30-59(62)57-28-10-7-25-53(46)57/h1-16,18-22,25-40,46,51-52,66H,17,23-24,41-45H2. The lowest BCUT2D eigenvalue weighted by Gasteiger charge is -2.59. The zero-order chi connectivity index (χ0) is 48.8. The molecule has 3 nitrogen and oxygen atoms in total.